The van der Waals surface area contributed by atoms with E-state index in [4.69, 9.17) is 66.3 Å². The van der Waals surface area contributed by atoms with Gasteiger partial charge >= 0.3 is 12.1 Å². The molecular formula is C68H88N10O23. The molecule has 0 saturated carbocycles. The smallest absolute Gasteiger partial charge is 0.410 e. The van der Waals surface area contributed by atoms with Crippen LogP contribution in [0.2, 0.25) is 0 Å². The number of amides is 1. The number of azide groups is 3. The molecular weight excluding hydrogens is 1320 g/mol. The zero-order valence-corrected chi connectivity index (χ0v) is 56.1. The first kappa shape index (κ1) is 77.5. The topological polar surface area (TPSA) is 451 Å². The number of carboxylic acids is 1. The molecule has 4 aromatic carbocycles. The van der Waals surface area contributed by atoms with Gasteiger partial charge in [0.25, 0.3) is 6.47 Å². The van der Waals surface area contributed by atoms with Gasteiger partial charge in [-0.3, -0.25) is 4.79 Å². The van der Waals surface area contributed by atoms with E-state index < -0.39 is 179 Å². The number of benzene rings is 4. The Bertz CT molecular complexity index is 3350. The molecule has 101 heavy (non-hydrogen) atoms. The SMILES string of the molecule is C[C@@H]1C(CO)O[C@H](O[C@@H]2C(C(=O)O)O[C@@H](O[C@@H]3C(CO)O[C@H](O[C@H]4C(OC=O)O[C@@H](O[C@@H]5C(CO)O[C@@H](OCCCCCN(Cc6ccccc6)C(=O)OCc6ccccc6)C(N=[N+]=[N-])[C@H]5C)C(O)[C@@H]4OCc4ccccc4)C(N=[N+]=[N-])[C@H]3O)C(OCc3ccccc3)[C@H]2C)C(N=[N+]=[N-])[C@H]1C. The molecule has 5 saturated heterocycles. The van der Waals surface area contributed by atoms with Gasteiger partial charge in [-0.05, 0) is 75.9 Å². The summed E-state index contributed by atoms with van der Waals surface area (Å²) in [4.78, 5) is 49.8. The van der Waals surface area contributed by atoms with Gasteiger partial charge in [-0.25, -0.2) is 9.59 Å². The summed E-state index contributed by atoms with van der Waals surface area (Å²) >= 11 is 0. The molecule has 6 N–H and O–H groups in total. The van der Waals surface area contributed by atoms with Crippen LogP contribution in [0.5, 0.6) is 0 Å². The van der Waals surface area contributed by atoms with Crippen molar-refractivity contribution in [3.63, 3.8) is 0 Å². The van der Waals surface area contributed by atoms with Crippen molar-refractivity contribution < 1.29 is 111 Å². The van der Waals surface area contributed by atoms with Gasteiger partial charge < -0.3 is 102 Å². The summed E-state index contributed by atoms with van der Waals surface area (Å²) in [6.45, 7) is 5.32. The van der Waals surface area contributed by atoms with E-state index in [2.05, 4.69) is 30.1 Å². The van der Waals surface area contributed by atoms with E-state index in [0.29, 0.717) is 43.5 Å². The van der Waals surface area contributed by atoms with E-state index in [1.54, 1.807) is 93.3 Å². The van der Waals surface area contributed by atoms with Gasteiger partial charge in [0, 0.05) is 40.3 Å². The molecule has 33 heteroatoms. The number of rotatable bonds is 34. The van der Waals surface area contributed by atoms with Crippen LogP contribution in [0.15, 0.2) is 137 Å². The lowest BCUT2D eigenvalue weighted by Crippen LogP contribution is -2.67. The fraction of sp³-hybridized carbons (Fsp3) is 0.603. The molecule has 9 rings (SSSR count). The summed E-state index contributed by atoms with van der Waals surface area (Å²) in [6.07, 6.45) is -27.4. The molecule has 0 aliphatic carbocycles. The number of carbonyl (C=O) groups excluding carboxylic acids is 2. The van der Waals surface area contributed by atoms with Crippen molar-refractivity contribution in [2.45, 2.75) is 202 Å². The van der Waals surface area contributed by atoms with Crippen molar-refractivity contribution in [3.05, 3.63) is 175 Å². The number of aliphatic hydroxyl groups is 5. The first-order valence-corrected chi connectivity index (χ1v) is 33.5. The molecule has 25 atom stereocenters. The molecule has 5 heterocycles. The number of hydrogen-bond acceptors (Lipinski definition) is 25. The molecule has 0 radical (unpaired) electrons. The average Bonchev–Trinajstić information content (AvgIpc) is 0.766. The lowest BCUT2D eigenvalue weighted by molar-refractivity contribution is -0.396. The highest BCUT2D eigenvalue weighted by Crippen LogP contribution is 2.42. The van der Waals surface area contributed by atoms with Gasteiger partial charge in [0.05, 0.1) is 63.4 Å². The first-order valence-electron chi connectivity index (χ1n) is 33.5. The maximum Gasteiger partial charge on any atom is 0.410 e. The standard InChI is InChI=1S/C68H88N10O23/c1-38-39(2)49(72-75-69)63(93-46(38)31-79)97-55-41(4)56(89-34-43-22-12-6-13-23-43)67(99-59(55)61(85)86)98-57-48(33-81)95-64(51(52(57)83)74-77-71)100-60-58(90-35-44-24-14-7-15-25-44)53(84)65(101-66(60)92-37-82)96-54-40(3)50(73-76-70)62(94-47(54)32-80)88-29-19-9-18-28-78(30-42-20-10-5-11-21-42)68(87)91-36-45-26-16-8-17-27-45/h5-8,10-17,20-27,37-41,46-60,62-67,79-81,83-84H,9,18-19,28-36H2,1-4H3,(H,85,86)/t38-,39-,40+,41-,46?,47?,48?,49?,50?,51?,52+,53?,54-,55-,56?,57+,58-,59?,60+,62+,63+,64+,65+,66?,67+/m0/s1. The second kappa shape index (κ2) is 38.6. The summed E-state index contributed by atoms with van der Waals surface area (Å²) in [7, 11) is 0. The monoisotopic (exact) mass is 1410 g/mol. The molecule has 5 aliphatic rings. The normalized spacial score (nSPS) is 34.0. The Kier molecular flexibility index (Phi) is 29.6. The molecule has 4 aromatic rings. The van der Waals surface area contributed by atoms with Gasteiger partial charge in [-0.15, -0.1) is 0 Å². The maximum absolute atomic E-state index is 13.4. The third-order valence-corrected chi connectivity index (χ3v) is 18.9. The van der Waals surface area contributed by atoms with Crippen LogP contribution in [0, 0.1) is 23.7 Å². The molecule has 548 valence electrons. The van der Waals surface area contributed by atoms with Crippen LogP contribution in [0.25, 0.3) is 31.3 Å². The number of nitrogens with zero attached hydrogens (tertiary/aromatic N) is 10. The van der Waals surface area contributed by atoms with Crippen LogP contribution in [0.1, 0.15) is 69.2 Å². The zero-order valence-electron chi connectivity index (χ0n) is 56.1. The van der Waals surface area contributed by atoms with Crippen LogP contribution in [0.3, 0.4) is 0 Å². The van der Waals surface area contributed by atoms with Crippen molar-refractivity contribution in [2.24, 2.45) is 39.0 Å². The first-order chi connectivity index (χ1) is 49.0. The fourth-order valence-corrected chi connectivity index (χ4v) is 13.1. The second-order valence-corrected chi connectivity index (χ2v) is 25.4. The Morgan fingerprint density at radius 1 is 0.485 bits per heavy atom. The third-order valence-electron chi connectivity index (χ3n) is 18.9. The predicted molar refractivity (Wildman–Crippen MR) is 350 cm³/mol. The number of carboxylic acid groups (broad SMARTS) is 1. The minimum Gasteiger partial charge on any atom is -0.479 e. The summed E-state index contributed by atoms with van der Waals surface area (Å²) < 4.78 is 87.0. The molecule has 10 unspecified atom stereocenters. The number of carbonyl (C=O) groups is 3. The molecule has 5 fully saturated rings. The molecule has 1 amide bonds. The van der Waals surface area contributed by atoms with Gasteiger partial charge in [-0.2, -0.15) is 0 Å². The highest BCUT2D eigenvalue weighted by Gasteiger charge is 2.58. The Labute approximate surface area is 582 Å². The van der Waals surface area contributed by atoms with Gasteiger partial charge in [0.15, 0.2) is 43.7 Å². The third kappa shape index (κ3) is 20.0. The van der Waals surface area contributed by atoms with Gasteiger partial charge in [0.2, 0.25) is 6.29 Å². The number of aliphatic carboxylic acids is 1. The summed E-state index contributed by atoms with van der Waals surface area (Å²) in [5, 5.41) is 79.7. The van der Waals surface area contributed by atoms with Gasteiger partial charge in [0.1, 0.15) is 55.4 Å². The highest BCUT2D eigenvalue weighted by molar-refractivity contribution is 5.73. The van der Waals surface area contributed by atoms with Crippen molar-refractivity contribution in [1.82, 2.24) is 4.90 Å². The minimum atomic E-state index is -2.02. The Hall–Kier alpha value is -7.66. The lowest BCUT2D eigenvalue weighted by Gasteiger charge is -2.50. The maximum atomic E-state index is 13.4. The zero-order chi connectivity index (χ0) is 72.0. The molecule has 0 aromatic heterocycles. The average molecular weight is 1410 g/mol. The van der Waals surface area contributed by atoms with Crippen LogP contribution >= 0.6 is 0 Å². The van der Waals surface area contributed by atoms with Gasteiger partial charge in [-0.1, -0.05) is 164 Å². The van der Waals surface area contributed by atoms with E-state index in [1.165, 1.54) is 0 Å². The van der Waals surface area contributed by atoms with Crippen LogP contribution in [0.4, 0.5) is 4.79 Å². The van der Waals surface area contributed by atoms with E-state index in [1.807, 2.05) is 60.7 Å². The van der Waals surface area contributed by atoms with Crippen LogP contribution < -0.4 is 0 Å². The summed E-state index contributed by atoms with van der Waals surface area (Å²) in [5.41, 5.74) is 32.6. The minimum absolute atomic E-state index is 0.00530. The summed E-state index contributed by atoms with van der Waals surface area (Å²) in [6, 6.07) is 32.5. The quantitative estimate of drug-likeness (QED) is 0.00915. The van der Waals surface area contributed by atoms with E-state index in [0.717, 1.165) is 11.1 Å². The Morgan fingerprint density at radius 2 is 0.980 bits per heavy atom. The largest absolute Gasteiger partial charge is 0.479 e. The molecule has 0 bridgehead atoms. The van der Waals surface area contributed by atoms with E-state index in [9.17, 15) is 61.6 Å². The fourth-order valence-electron chi connectivity index (χ4n) is 13.1. The predicted octanol–water partition coefficient (Wildman–Crippen LogP) is 6.84. The number of aliphatic hydroxyl groups excluding tert-OH is 5. The van der Waals surface area contributed by atoms with Crippen LogP contribution in [-0.2, 0) is 102 Å². The Balaban J connectivity index is 0.899. The number of unbranched alkanes of at least 4 members (excludes halogenated alkanes) is 2. The number of hydrogen-bond donors (Lipinski definition) is 6. The van der Waals surface area contributed by atoms with E-state index in [-0.39, 0.29) is 38.8 Å². The van der Waals surface area contributed by atoms with Crippen molar-refractivity contribution >= 4 is 18.5 Å². The second-order valence-electron chi connectivity index (χ2n) is 25.4. The summed E-state index contributed by atoms with van der Waals surface area (Å²) in [5.74, 6) is -4.12. The number of ether oxygens (including phenoxy) is 14. The lowest BCUT2D eigenvalue weighted by atomic mass is 9.82. The highest BCUT2D eigenvalue weighted by atomic mass is 16.8. The molecule has 0 spiro atoms. The van der Waals surface area contributed by atoms with Crippen molar-refractivity contribution in [2.75, 3.05) is 33.0 Å². The van der Waals surface area contributed by atoms with Crippen molar-refractivity contribution in [1.29, 1.82) is 0 Å². The molecule has 5 aliphatic heterocycles. The Morgan fingerprint density at radius 3 is 1.55 bits per heavy atom. The van der Waals surface area contributed by atoms with E-state index >= 15 is 0 Å². The molecule has 33 nitrogen and oxygen atoms in total. The van der Waals surface area contributed by atoms with Crippen molar-refractivity contribution in [3.8, 4) is 0 Å². The van der Waals surface area contributed by atoms with Crippen LogP contribution in [-0.4, -0.2) is 216 Å².